The van der Waals surface area contributed by atoms with E-state index in [0.29, 0.717) is 11.8 Å². The number of nitrogens with zero attached hydrogens (tertiary/aromatic N) is 2. The Morgan fingerprint density at radius 1 is 0.941 bits per heavy atom. The number of fused-ring (bicyclic) bond motifs is 1. The van der Waals surface area contributed by atoms with Crippen LogP contribution in [0.2, 0.25) is 0 Å². The van der Waals surface area contributed by atoms with Crippen molar-refractivity contribution in [1.82, 2.24) is 9.97 Å². The fraction of sp³-hybridized carbons (Fsp3) is 0.467. The summed E-state index contributed by atoms with van der Waals surface area (Å²) in [6.45, 7) is 10.7. The summed E-state index contributed by atoms with van der Waals surface area (Å²) in [5.74, 6) is 1.86. The van der Waals surface area contributed by atoms with E-state index < -0.39 is 0 Å². The number of hydrogen-bond donors (Lipinski definition) is 0. The summed E-state index contributed by atoms with van der Waals surface area (Å²) in [7, 11) is 0. The minimum atomic E-state index is 0.378. The van der Waals surface area contributed by atoms with E-state index >= 15 is 0 Å². The Balaban J connectivity index is 2.64. The third kappa shape index (κ3) is 2.31. The van der Waals surface area contributed by atoms with E-state index in [4.69, 9.17) is 0 Å². The van der Waals surface area contributed by atoms with E-state index in [9.17, 15) is 0 Å². The van der Waals surface area contributed by atoms with Gasteiger partial charge >= 0.3 is 0 Å². The number of rotatable bonds is 2. The van der Waals surface area contributed by atoms with Crippen LogP contribution in [-0.4, -0.2) is 9.97 Å². The summed E-state index contributed by atoms with van der Waals surface area (Å²) in [6, 6.07) is 6.51. The second kappa shape index (κ2) is 4.44. The molecule has 0 aliphatic carbocycles. The second-order valence-corrected chi connectivity index (χ2v) is 5.25. The molecule has 0 bridgehead atoms. The van der Waals surface area contributed by atoms with Gasteiger partial charge in [-0.05, 0) is 30.5 Å². The van der Waals surface area contributed by atoms with E-state index in [0.717, 1.165) is 17.0 Å². The van der Waals surface area contributed by atoms with Crippen molar-refractivity contribution in [2.75, 3.05) is 0 Å². The Bertz CT molecular complexity index is 542. The zero-order valence-corrected chi connectivity index (χ0v) is 11.3. The van der Waals surface area contributed by atoms with Gasteiger partial charge in [0.2, 0.25) is 0 Å². The van der Waals surface area contributed by atoms with Crippen molar-refractivity contribution < 1.29 is 0 Å². The molecular weight excluding hydrogens is 208 g/mol. The van der Waals surface area contributed by atoms with E-state index in [1.807, 2.05) is 0 Å². The highest BCUT2D eigenvalue weighted by Crippen LogP contribution is 2.23. The van der Waals surface area contributed by atoms with Gasteiger partial charge in [-0.3, -0.25) is 0 Å². The van der Waals surface area contributed by atoms with Crippen LogP contribution < -0.4 is 0 Å². The van der Waals surface area contributed by atoms with Gasteiger partial charge < -0.3 is 0 Å². The van der Waals surface area contributed by atoms with Crippen LogP contribution >= 0.6 is 0 Å². The molecule has 0 amide bonds. The van der Waals surface area contributed by atoms with Gasteiger partial charge in [0.15, 0.2) is 0 Å². The van der Waals surface area contributed by atoms with Crippen molar-refractivity contribution in [3.05, 3.63) is 35.3 Å². The van der Waals surface area contributed by atoms with Gasteiger partial charge in [-0.2, -0.15) is 0 Å². The Hall–Kier alpha value is -1.44. The SMILES string of the molecule is Cc1nc(C(C)C)nc2ccc(C(C)C)cc12. The second-order valence-electron chi connectivity index (χ2n) is 5.25. The lowest BCUT2D eigenvalue weighted by Gasteiger charge is -2.11. The lowest BCUT2D eigenvalue weighted by Crippen LogP contribution is -2.01. The van der Waals surface area contributed by atoms with Crippen LogP contribution in [0.4, 0.5) is 0 Å². The summed E-state index contributed by atoms with van der Waals surface area (Å²) in [4.78, 5) is 9.22. The van der Waals surface area contributed by atoms with Crippen molar-refractivity contribution in [3.8, 4) is 0 Å². The summed E-state index contributed by atoms with van der Waals surface area (Å²) < 4.78 is 0. The number of benzene rings is 1. The van der Waals surface area contributed by atoms with Crippen LogP contribution in [0.25, 0.3) is 10.9 Å². The molecule has 1 heterocycles. The first-order valence-corrected chi connectivity index (χ1v) is 6.27. The number of aromatic nitrogens is 2. The Morgan fingerprint density at radius 3 is 2.24 bits per heavy atom. The molecule has 1 aromatic heterocycles. The van der Waals surface area contributed by atoms with Gasteiger partial charge in [0.05, 0.1) is 5.52 Å². The molecule has 1 aromatic carbocycles. The molecule has 2 aromatic rings. The maximum absolute atomic E-state index is 4.62. The average Bonchev–Trinajstić information content (AvgIpc) is 2.28. The first kappa shape index (κ1) is 12.0. The van der Waals surface area contributed by atoms with E-state index in [1.54, 1.807) is 0 Å². The van der Waals surface area contributed by atoms with Crippen LogP contribution in [0.1, 0.15) is 56.6 Å². The molecule has 90 valence electrons. The highest BCUT2D eigenvalue weighted by molar-refractivity contribution is 5.81. The van der Waals surface area contributed by atoms with Crippen LogP contribution in [0.3, 0.4) is 0 Å². The fourth-order valence-electron chi connectivity index (χ4n) is 1.94. The summed E-state index contributed by atoms with van der Waals surface area (Å²) >= 11 is 0. The van der Waals surface area contributed by atoms with E-state index in [-0.39, 0.29) is 0 Å². The quantitative estimate of drug-likeness (QED) is 0.770. The monoisotopic (exact) mass is 228 g/mol. The zero-order chi connectivity index (χ0) is 12.6. The molecular formula is C15H20N2. The third-order valence-electron chi connectivity index (χ3n) is 3.11. The molecule has 0 saturated carbocycles. The van der Waals surface area contributed by atoms with Crippen molar-refractivity contribution >= 4 is 10.9 Å². The molecule has 0 fully saturated rings. The van der Waals surface area contributed by atoms with E-state index in [1.165, 1.54) is 10.9 Å². The molecule has 2 rings (SSSR count). The Kier molecular flexibility index (Phi) is 3.14. The van der Waals surface area contributed by atoms with Gasteiger partial charge in [-0.15, -0.1) is 0 Å². The van der Waals surface area contributed by atoms with Crippen LogP contribution in [-0.2, 0) is 0 Å². The minimum absolute atomic E-state index is 0.378. The first-order valence-electron chi connectivity index (χ1n) is 6.27. The fourth-order valence-corrected chi connectivity index (χ4v) is 1.94. The normalized spacial score (nSPS) is 11.7. The van der Waals surface area contributed by atoms with Crippen molar-refractivity contribution in [2.24, 2.45) is 0 Å². The lowest BCUT2D eigenvalue weighted by atomic mass is 10.0. The largest absolute Gasteiger partial charge is 0.237 e. The molecule has 0 saturated heterocycles. The molecule has 0 spiro atoms. The zero-order valence-electron chi connectivity index (χ0n) is 11.3. The first-order chi connectivity index (χ1) is 7.99. The van der Waals surface area contributed by atoms with Crippen molar-refractivity contribution in [3.63, 3.8) is 0 Å². The predicted octanol–water partition coefficient (Wildman–Crippen LogP) is 4.19. The van der Waals surface area contributed by atoms with Crippen LogP contribution in [0, 0.1) is 6.92 Å². The molecule has 0 atom stereocenters. The standard InChI is InChI=1S/C15H20N2/c1-9(2)12-6-7-14-13(8-12)11(5)16-15(17-14)10(3)4/h6-10H,1-5H3. The van der Waals surface area contributed by atoms with Crippen molar-refractivity contribution in [2.45, 2.75) is 46.5 Å². The van der Waals surface area contributed by atoms with Crippen molar-refractivity contribution in [1.29, 1.82) is 0 Å². The average molecular weight is 228 g/mol. The highest BCUT2D eigenvalue weighted by atomic mass is 14.9. The van der Waals surface area contributed by atoms with Gasteiger partial charge in [-0.1, -0.05) is 33.8 Å². The van der Waals surface area contributed by atoms with Gasteiger partial charge in [0.1, 0.15) is 5.82 Å². The summed E-state index contributed by atoms with van der Waals surface area (Å²) in [5.41, 5.74) is 3.49. The Labute approximate surface area is 103 Å². The number of hydrogen-bond acceptors (Lipinski definition) is 2. The molecule has 0 aliphatic rings. The third-order valence-corrected chi connectivity index (χ3v) is 3.11. The smallest absolute Gasteiger partial charge is 0.131 e. The molecule has 0 unspecified atom stereocenters. The van der Waals surface area contributed by atoms with Crippen LogP contribution in [0.5, 0.6) is 0 Å². The molecule has 17 heavy (non-hydrogen) atoms. The minimum Gasteiger partial charge on any atom is -0.237 e. The molecule has 0 N–H and O–H groups in total. The number of aryl methyl sites for hydroxylation is 1. The van der Waals surface area contributed by atoms with Gasteiger partial charge in [0.25, 0.3) is 0 Å². The van der Waals surface area contributed by atoms with E-state index in [2.05, 4.69) is 62.8 Å². The maximum Gasteiger partial charge on any atom is 0.131 e. The predicted molar refractivity (Wildman–Crippen MR) is 72.5 cm³/mol. The molecule has 2 nitrogen and oxygen atoms in total. The maximum atomic E-state index is 4.62. The highest BCUT2D eigenvalue weighted by Gasteiger charge is 2.09. The molecule has 0 aliphatic heterocycles. The summed E-state index contributed by atoms with van der Waals surface area (Å²) in [5, 5.41) is 1.18. The Morgan fingerprint density at radius 2 is 1.65 bits per heavy atom. The lowest BCUT2D eigenvalue weighted by molar-refractivity contribution is 0.776. The van der Waals surface area contributed by atoms with Gasteiger partial charge in [0, 0.05) is 17.0 Å². The molecule has 2 heteroatoms. The summed E-state index contributed by atoms with van der Waals surface area (Å²) in [6.07, 6.45) is 0. The topological polar surface area (TPSA) is 25.8 Å². The molecule has 0 radical (unpaired) electrons. The van der Waals surface area contributed by atoms with Crippen LogP contribution in [0.15, 0.2) is 18.2 Å². The van der Waals surface area contributed by atoms with Gasteiger partial charge in [-0.25, -0.2) is 9.97 Å².